The van der Waals surface area contributed by atoms with Crippen molar-refractivity contribution in [1.82, 2.24) is 4.90 Å². The van der Waals surface area contributed by atoms with Crippen LogP contribution in [0.15, 0.2) is 24.3 Å². The molecule has 1 aliphatic rings. The first-order valence-corrected chi connectivity index (χ1v) is 5.83. The lowest BCUT2D eigenvalue weighted by Crippen LogP contribution is -2.41. The molecule has 1 aliphatic heterocycles. The summed E-state index contributed by atoms with van der Waals surface area (Å²) in [5.74, 6) is 0. The van der Waals surface area contributed by atoms with Gasteiger partial charge in [0.05, 0.1) is 6.17 Å². The van der Waals surface area contributed by atoms with E-state index in [0.717, 1.165) is 5.69 Å². The lowest BCUT2D eigenvalue weighted by atomic mass is 10.1. The third kappa shape index (κ3) is 2.96. The molecule has 1 radical (unpaired) electrons. The summed E-state index contributed by atoms with van der Waals surface area (Å²) >= 11 is 0. The molecule has 2 heteroatoms. The van der Waals surface area contributed by atoms with E-state index in [9.17, 15) is 0 Å². The van der Waals surface area contributed by atoms with Crippen LogP contribution in [0.3, 0.4) is 0 Å². The van der Waals surface area contributed by atoms with Crippen LogP contribution in [0.25, 0.3) is 0 Å². The zero-order chi connectivity index (χ0) is 10.5. The number of likely N-dealkylation sites (tertiary alicyclic amines) is 1. The van der Waals surface area contributed by atoms with Crippen LogP contribution in [-0.4, -0.2) is 24.2 Å². The Morgan fingerprint density at radius 1 is 1.27 bits per heavy atom. The van der Waals surface area contributed by atoms with Crippen molar-refractivity contribution in [3.05, 3.63) is 30.3 Å². The van der Waals surface area contributed by atoms with Crippen LogP contribution in [0, 0.1) is 6.07 Å². The molecule has 1 aromatic rings. The molecule has 81 valence electrons. The largest absolute Gasteiger partial charge is 0.369 e. The van der Waals surface area contributed by atoms with Crippen molar-refractivity contribution in [2.24, 2.45) is 0 Å². The SMILES string of the molecule is CC(Nc1[c]cccc1)N1CCCCC1. The zero-order valence-corrected chi connectivity index (χ0v) is 9.37. The minimum Gasteiger partial charge on any atom is -0.369 e. The summed E-state index contributed by atoms with van der Waals surface area (Å²) in [5, 5.41) is 3.48. The quantitative estimate of drug-likeness (QED) is 0.812. The maximum absolute atomic E-state index is 3.48. The number of piperidine rings is 1. The van der Waals surface area contributed by atoms with Crippen LogP contribution in [-0.2, 0) is 0 Å². The maximum atomic E-state index is 3.48. The molecule has 1 atom stereocenters. The maximum Gasteiger partial charge on any atom is 0.0764 e. The monoisotopic (exact) mass is 203 g/mol. The molecule has 2 nitrogen and oxygen atoms in total. The smallest absolute Gasteiger partial charge is 0.0764 e. The molecule has 1 heterocycles. The number of benzene rings is 1. The van der Waals surface area contributed by atoms with Gasteiger partial charge < -0.3 is 5.32 Å². The van der Waals surface area contributed by atoms with Gasteiger partial charge in [0.25, 0.3) is 0 Å². The van der Waals surface area contributed by atoms with E-state index in [1.165, 1.54) is 32.4 Å². The highest BCUT2D eigenvalue weighted by Crippen LogP contribution is 2.14. The highest BCUT2D eigenvalue weighted by molar-refractivity contribution is 5.41. The van der Waals surface area contributed by atoms with Gasteiger partial charge >= 0.3 is 0 Å². The first kappa shape index (κ1) is 10.5. The number of nitrogens with zero attached hydrogens (tertiary/aromatic N) is 1. The average Bonchev–Trinajstić information content (AvgIpc) is 2.31. The molecule has 0 saturated carbocycles. The second kappa shape index (κ2) is 5.17. The predicted octanol–water partition coefficient (Wildman–Crippen LogP) is 2.73. The summed E-state index contributed by atoms with van der Waals surface area (Å²) in [4.78, 5) is 2.50. The fourth-order valence-electron chi connectivity index (χ4n) is 2.11. The van der Waals surface area contributed by atoms with E-state index >= 15 is 0 Å². The summed E-state index contributed by atoms with van der Waals surface area (Å²) in [6.45, 7) is 4.67. The van der Waals surface area contributed by atoms with Gasteiger partial charge in [-0.1, -0.05) is 24.6 Å². The Hall–Kier alpha value is -1.02. The summed E-state index contributed by atoms with van der Waals surface area (Å²) in [6.07, 6.45) is 4.49. The van der Waals surface area contributed by atoms with E-state index in [-0.39, 0.29) is 0 Å². The second-order valence-electron chi connectivity index (χ2n) is 4.19. The lowest BCUT2D eigenvalue weighted by Gasteiger charge is -2.33. The van der Waals surface area contributed by atoms with E-state index in [0.29, 0.717) is 6.17 Å². The molecule has 0 aliphatic carbocycles. The molecular weight excluding hydrogens is 184 g/mol. The molecule has 0 aromatic heterocycles. The number of nitrogens with one attached hydrogen (secondary N) is 1. The van der Waals surface area contributed by atoms with Crippen molar-refractivity contribution >= 4 is 5.69 Å². The predicted molar refractivity (Wildman–Crippen MR) is 63.8 cm³/mol. The van der Waals surface area contributed by atoms with Gasteiger partial charge in [-0.2, -0.15) is 0 Å². The molecule has 1 N–H and O–H groups in total. The molecule has 2 rings (SSSR count). The Morgan fingerprint density at radius 3 is 2.73 bits per heavy atom. The van der Waals surface area contributed by atoms with Crippen molar-refractivity contribution in [1.29, 1.82) is 0 Å². The highest BCUT2D eigenvalue weighted by atomic mass is 15.3. The molecule has 0 amide bonds. The molecule has 0 spiro atoms. The van der Waals surface area contributed by atoms with E-state index in [1.807, 2.05) is 18.2 Å². The van der Waals surface area contributed by atoms with Crippen LogP contribution in [0.4, 0.5) is 5.69 Å². The number of para-hydroxylation sites is 1. The zero-order valence-electron chi connectivity index (χ0n) is 9.37. The van der Waals surface area contributed by atoms with Crippen LogP contribution < -0.4 is 5.32 Å². The van der Waals surface area contributed by atoms with E-state index in [4.69, 9.17) is 0 Å². The van der Waals surface area contributed by atoms with Gasteiger partial charge in [-0.05, 0) is 25.8 Å². The number of anilines is 1. The topological polar surface area (TPSA) is 15.3 Å². The summed E-state index contributed by atoms with van der Waals surface area (Å²) < 4.78 is 0. The first-order chi connectivity index (χ1) is 7.36. The molecule has 1 aromatic carbocycles. The van der Waals surface area contributed by atoms with Gasteiger partial charge in [-0.3, -0.25) is 4.90 Å². The van der Waals surface area contributed by atoms with Crippen LogP contribution in [0.2, 0.25) is 0 Å². The average molecular weight is 203 g/mol. The fraction of sp³-hybridized carbons (Fsp3) is 0.538. The minimum atomic E-state index is 0.420. The van der Waals surface area contributed by atoms with E-state index in [1.54, 1.807) is 0 Å². The summed E-state index contributed by atoms with van der Waals surface area (Å²) in [7, 11) is 0. The Balaban J connectivity index is 1.88. The van der Waals surface area contributed by atoms with E-state index < -0.39 is 0 Å². The Morgan fingerprint density at radius 2 is 2.07 bits per heavy atom. The normalized spacial score (nSPS) is 19.8. The van der Waals surface area contributed by atoms with Gasteiger partial charge in [0, 0.05) is 24.8 Å². The van der Waals surface area contributed by atoms with Gasteiger partial charge in [0.1, 0.15) is 0 Å². The van der Waals surface area contributed by atoms with Crippen molar-refractivity contribution in [3.63, 3.8) is 0 Å². The van der Waals surface area contributed by atoms with Gasteiger partial charge in [0.2, 0.25) is 0 Å². The standard InChI is InChI=1S/C13H19N2/c1-12(15-10-6-3-7-11-15)14-13-8-4-2-5-9-13/h2,4-5,8,12,14H,3,6-7,10-11H2,1H3. The van der Waals surface area contributed by atoms with E-state index in [2.05, 4.69) is 29.3 Å². The fourth-order valence-corrected chi connectivity index (χ4v) is 2.11. The lowest BCUT2D eigenvalue weighted by molar-refractivity contribution is 0.190. The minimum absolute atomic E-state index is 0.420. The van der Waals surface area contributed by atoms with Crippen LogP contribution in [0.5, 0.6) is 0 Å². The van der Waals surface area contributed by atoms with Gasteiger partial charge in [0.15, 0.2) is 0 Å². The van der Waals surface area contributed by atoms with Crippen LogP contribution in [0.1, 0.15) is 26.2 Å². The Labute approximate surface area is 92.3 Å². The number of hydrogen-bond donors (Lipinski definition) is 1. The Bertz CT molecular complexity index is 278. The van der Waals surface area contributed by atoms with Gasteiger partial charge in [-0.25, -0.2) is 0 Å². The molecule has 15 heavy (non-hydrogen) atoms. The van der Waals surface area contributed by atoms with Crippen LogP contribution >= 0.6 is 0 Å². The second-order valence-corrected chi connectivity index (χ2v) is 4.19. The number of rotatable bonds is 3. The van der Waals surface area contributed by atoms with Crippen molar-refractivity contribution in [2.45, 2.75) is 32.4 Å². The molecule has 1 fully saturated rings. The first-order valence-electron chi connectivity index (χ1n) is 5.83. The summed E-state index contributed by atoms with van der Waals surface area (Å²) in [5.41, 5.74) is 1.09. The Kier molecular flexibility index (Phi) is 3.62. The molecule has 1 unspecified atom stereocenters. The molecular formula is C13H19N2. The number of hydrogen-bond acceptors (Lipinski definition) is 2. The van der Waals surface area contributed by atoms with Crippen molar-refractivity contribution in [3.8, 4) is 0 Å². The van der Waals surface area contributed by atoms with Gasteiger partial charge in [-0.15, -0.1) is 0 Å². The molecule has 0 bridgehead atoms. The highest BCUT2D eigenvalue weighted by Gasteiger charge is 2.15. The summed E-state index contributed by atoms with van der Waals surface area (Å²) in [6, 6.07) is 11.3. The van der Waals surface area contributed by atoms with Crippen molar-refractivity contribution in [2.75, 3.05) is 18.4 Å². The third-order valence-corrected chi connectivity index (χ3v) is 3.01. The van der Waals surface area contributed by atoms with Crippen molar-refractivity contribution < 1.29 is 0 Å². The molecule has 1 saturated heterocycles. The third-order valence-electron chi connectivity index (χ3n) is 3.01.